The van der Waals surface area contributed by atoms with E-state index in [4.69, 9.17) is 11.6 Å². The largest absolute Gasteiger partial charge is 0.394 e. The Morgan fingerprint density at radius 1 is 1.47 bits per heavy atom. The fourth-order valence-corrected chi connectivity index (χ4v) is 2.08. The van der Waals surface area contributed by atoms with Crippen molar-refractivity contribution < 1.29 is 9.90 Å². The van der Waals surface area contributed by atoms with Crippen molar-refractivity contribution in [2.45, 2.75) is 39.2 Å². The summed E-state index contributed by atoms with van der Waals surface area (Å²) in [4.78, 5) is 11.9. The Balaban J connectivity index is 2.72. The molecule has 1 atom stereocenters. The number of hydrogen-bond donors (Lipinski definition) is 3. The smallest absolute Gasteiger partial charge is 0.319 e. The number of anilines is 1. The molecule has 0 saturated carbocycles. The zero-order valence-corrected chi connectivity index (χ0v) is 12.3. The highest BCUT2D eigenvalue weighted by Crippen LogP contribution is 2.23. The van der Waals surface area contributed by atoms with E-state index >= 15 is 0 Å². The van der Waals surface area contributed by atoms with E-state index in [2.05, 4.69) is 10.6 Å². The normalized spacial score (nSPS) is 13.7. The van der Waals surface area contributed by atoms with E-state index < -0.39 is 5.54 Å². The van der Waals surface area contributed by atoms with Crippen LogP contribution in [0.4, 0.5) is 10.5 Å². The molecule has 0 bridgehead atoms. The highest BCUT2D eigenvalue weighted by molar-refractivity contribution is 6.31. The lowest BCUT2D eigenvalue weighted by molar-refractivity contribution is 0.167. The summed E-state index contributed by atoms with van der Waals surface area (Å²) < 4.78 is 0. The molecule has 1 unspecified atom stereocenters. The van der Waals surface area contributed by atoms with Crippen LogP contribution in [0.2, 0.25) is 5.02 Å². The van der Waals surface area contributed by atoms with E-state index in [-0.39, 0.29) is 12.6 Å². The molecule has 106 valence electrons. The summed E-state index contributed by atoms with van der Waals surface area (Å²) in [5.74, 6) is 0. The van der Waals surface area contributed by atoms with Crippen LogP contribution in [0.15, 0.2) is 18.2 Å². The van der Waals surface area contributed by atoms with Crippen LogP contribution in [0.5, 0.6) is 0 Å². The summed E-state index contributed by atoms with van der Waals surface area (Å²) in [7, 11) is 0. The zero-order chi connectivity index (χ0) is 14.5. The van der Waals surface area contributed by atoms with Gasteiger partial charge in [0.1, 0.15) is 0 Å². The third-order valence-corrected chi connectivity index (χ3v) is 3.49. The second-order valence-corrected chi connectivity index (χ2v) is 5.37. The summed E-state index contributed by atoms with van der Waals surface area (Å²) in [5.41, 5.74) is 0.882. The van der Waals surface area contributed by atoms with Gasteiger partial charge in [-0.2, -0.15) is 0 Å². The van der Waals surface area contributed by atoms with E-state index in [0.29, 0.717) is 17.1 Å². The van der Waals surface area contributed by atoms with E-state index in [1.807, 2.05) is 20.8 Å². The molecule has 0 aliphatic heterocycles. The Morgan fingerprint density at radius 3 is 2.74 bits per heavy atom. The molecule has 0 aliphatic rings. The predicted octanol–water partition coefficient (Wildman–Crippen LogP) is 3.32. The van der Waals surface area contributed by atoms with Crippen LogP contribution in [0.1, 0.15) is 32.3 Å². The Kier molecular flexibility index (Phi) is 5.63. The molecule has 0 aliphatic carbocycles. The van der Waals surface area contributed by atoms with Crippen molar-refractivity contribution in [1.82, 2.24) is 5.32 Å². The van der Waals surface area contributed by atoms with Crippen molar-refractivity contribution in [1.29, 1.82) is 0 Å². The highest BCUT2D eigenvalue weighted by atomic mass is 35.5. The van der Waals surface area contributed by atoms with Crippen LogP contribution in [-0.2, 0) is 0 Å². The van der Waals surface area contributed by atoms with Crippen LogP contribution in [0, 0.1) is 6.92 Å². The van der Waals surface area contributed by atoms with Crippen molar-refractivity contribution in [3.05, 3.63) is 28.8 Å². The molecule has 5 heteroatoms. The maximum atomic E-state index is 11.9. The molecule has 1 aromatic carbocycles. The second kappa shape index (κ2) is 6.78. The topological polar surface area (TPSA) is 61.4 Å². The number of benzene rings is 1. The average molecular weight is 285 g/mol. The summed E-state index contributed by atoms with van der Waals surface area (Å²) in [6.45, 7) is 5.58. The molecule has 3 N–H and O–H groups in total. The number of aliphatic hydroxyl groups excluding tert-OH is 1. The molecule has 19 heavy (non-hydrogen) atoms. The van der Waals surface area contributed by atoms with Gasteiger partial charge in [0.15, 0.2) is 0 Å². The quantitative estimate of drug-likeness (QED) is 0.777. The van der Waals surface area contributed by atoms with E-state index in [0.717, 1.165) is 12.0 Å². The van der Waals surface area contributed by atoms with Gasteiger partial charge < -0.3 is 15.7 Å². The van der Waals surface area contributed by atoms with E-state index in [1.54, 1.807) is 18.2 Å². The SMILES string of the molecule is CCCC(C)(CO)NC(=O)Nc1cccc(Cl)c1C. The lowest BCUT2D eigenvalue weighted by atomic mass is 9.98. The first-order chi connectivity index (χ1) is 8.91. The van der Waals surface area contributed by atoms with Gasteiger partial charge in [0.2, 0.25) is 0 Å². The van der Waals surface area contributed by atoms with Gasteiger partial charge in [-0.25, -0.2) is 4.79 Å². The predicted molar refractivity (Wildman–Crippen MR) is 78.7 cm³/mol. The summed E-state index contributed by atoms with van der Waals surface area (Å²) in [5, 5.41) is 15.5. The third-order valence-electron chi connectivity index (χ3n) is 3.08. The summed E-state index contributed by atoms with van der Waals surface area (Å²) in [6.07, 6.45) is 1.60. The first-order valence-corrected chi connectivity index (χ1v) is 6.75. The van der Waals surface area contributed by atoms with Crippen LogP contribution in [0.3, 0.4) is 0 Å². The van der Waals surface area contributed by atoms with Crippen molar-refractivity contribution in [2.75, 3.05) is 11.9 Å². The lowest BCUT2D eigenvalue weighted by Gasteiger charge is -2.28. The first-order valence-electron chi connectivity index (χ1n) is 6.37. The molecule has 0 spiro atoms. The number of amides is 2. The Hall–Kier alpha value is -1.26. The zero-order valence-electron chi connectivity index (χ0n) is 11.6. The van der Waals surface area contributed by atoms with Crippen LogP contribution >= 0.6 is 11.6 Å². The van der Waals surface area contributed by atoms with Crippen molar-refractivity contribution in [3.8, 4) is 0 Å². The van der Waals surface area contributed by atoms with Gasteiger partial charge >= 0.3 is 6.03 Å². The van der Waals surface area contributed by atoms with Crippen LogP contribution < -0.4 is 10.6 Å². The molecule has 4 nitrogen and oxygen atoms in total. The number of hydrogen-bond acceptors (Lipinski definition) is 2. The monoisotopic (exact) mass is 284 g/mol. The number of carbonyl (C=O) groups is 1. The minimum atomic E-state index is -0.606. The third kappa shape index (κ3) is 4.40. The van der Waals surface area contributed by atoms with Gasteiger partial charge in [-0.15, -0.1) is 0 Å². The van der Waals surface area contributed by atoms with Gasteiger partial charge in [-0.3, -0.25) is 0 Å². The molecular weight excluding hydrogens is 264 g/mol. The molecule has 0 saturated heterocycles. The number of aliphatic hydroxyl groups is 1. The van der Waals surface area contributed by atoms with Crippen molar-refractivity contribution >= 4 is 23.3 Å². The average Bonchev–Trinajstić information content (AvgIpc) is 2.35. The molecule has 0 aromatic heterocycles. The fraction of sp³-hybridized carbons (Fsp3) is 0.500. The minimum absolute atomic E-state index is 0.0945. The summed E-state index contributed by atoms with van der Waals surface area (Å²) in [6, 6.07) is 5.00. The van der Waals surface area contributed by atoms with Gasteiger partial charge in [0, 0.05) is 10.7 Å². The maximum Gasteiger partial charge on any atom is 0.319 e. The molecule has 1 rings (SSSR count). The van der Waals surface area contributed by atoms with Crippen molar-refractivity contribution in [2.24, 2.45) is 0 Å². The number of halogens is 1. The molecule has 0 radical (unpaired) electrons. The molecular formula is C14H21ClN2O2. The second-order valence-electron chi connectivity index (χ2n) is 4.96. The first kappa shape index (κ1) is 15.8. The maximum absolute atomic E-state index is 11.9. The summed E-state index contributed by atoms with van der Waals surface area (Å²) >= 11 is 6.00. The van der Waals surface area contributed by atoms with Gasteiger partial charge in [0.05, 0.1) is 12.1 Å². The van der Waals surface area contributed by atoms with Gasteiger partial charge in [-0.05, 0) is 38.0 Å². The Labute approximate surface area is 119 Å². The number of rotatable bonds is 5. The van der Waals surface area contributed by atoms with E-state index in [9.17, 15) is 9.90 Å². The number of nitrogens with one attached hydrogen (secondary N) is 2. The van der Waals surface area contributed by atoms with Crippen LogP contribution in [-0.4, -0.2) is 23.3 Å². The molecule has 2 amide bonds. The van der Waals surface area contributed by atoms with E-state index in [1.165, 1.54) is 0 Å². The lowest BCUT2D eigenvalue weighted by Crippen LogP contribution is -2.50. The fourth-order valence-electron chi connectivity index (χ4n) is 1.90. The van der Waals surface area contributed by atoms with Crippen LogP contribution in [0.25, 0.3) is 0 Å². The molecule has 0 fully saturated rings. The standard InChI is InChI=1S/C14H21ClN2O2/c1-4-8-14(3,9-18)17-13(19)16-12-7-5-6-11(15)10(12)2/h5-7,18H,4,8-9H2,1-3H3,(H2,16,17,19). The van der Waals surface area contributed by atoms with Gasteiger partial charge in [0.25, 0.3) is 0 Å². The number of urea groups is 1. The minimum Gasteiger partial charge on any atom is -0.394 e. The van der Waals surface area contributed by atoms with Gasteiger partial charge in [-0.1, -0.05) is 31.0 Å². The Bertz CT molecular complexity index is 451. The highest BCUT2D eigenvalue weighted by Gasteiger charge is 2.24. The Morgan fingerprint density at radius 2 is 2.16 bits per heavy atom. The molecule has 1 aromatic rings. The number of carbonyl (C=O) groups excluding carboxylic acids is 1. The van der Waals surface area contributed by atoms with Crippen molar-refractivity contribution in [3.63, 3.8) is 0 Å². The molecule has 0 heterocycles.